The van der Waals surface area contributed by atoms with Gasteiger partial charge in [-0.1, -0.05) is 6.42 Å². The van der Waals surface area contributed by atoms with Gasteiger partial charge in [0.15, 0.2) is 0 Å². The Morgan fingerprint density at radius 3 is 2.67 bits per heavy atom. The van der Waals surface area contributed by atoms with Crippen LogP contribution in [0, 0.1) is 0 Å². The normalized spacial score (nSPS) is 19.2. The quantitative estimate of drug-likeness (QED) is 0.601. The topological polar surface area (TPSA) is 41.9 Å². The van der Waals surface area contributed by atoms with Crippen molar-refractivity contribution in [2.24, 2.45) is 0 Å². The summed E-state index contributed by atoms with van der Waals surface area (Å²) in [6.07, 6.45) is 3.49. The first-order chi connectivity index (χ1) is 7.24. The van der Waals surface area contributed by atoms with Gasteiger partial charge in [-0.2, -0.15) is 0 Å². The van der Waals surface area contributed by atoms with E-state index < -0.39 is 0 Å². The second-order valence-electron chi connectivity index (χ2n) is 4.25. The van der Waals surface area contributed by atoms with E-state index in [0.717, 1.165) is 0 Å². The zero-order valence-electron chi connectivity index (χ0n) is 9.82. The van der Waals surface area contributed by atoms with Crippen molar-refractivity contribution in [3.05, 3.63) is 0 Å². The molecule has 0 aliphatic heterocycles. The molecular weight excluding hydrogens is 194 g/mol. The third-order valence-electron chi connectivity index (χ3n) is 2.94. The Hall–Kier alpha value is -0.160. The van der Waals surface area contributed by atoms with E-state index in [-0.39, 0.29) is 6.10 Å². The summed E-state index contributed by atoms with van der Waals surface area (Å²) in [5.41, 5.74) is 0. The summed E-state index contributed by atoms with van der Waals surface area (Å²) in [7, 11) is 3.71. The molecule has 1 atom stereocenters. The summed E-state index contributed by atoms with van der Waals surface area (Å²) in [5.74, 6) is 0. The van der Waals surface area contributed by atoms with Crippen molar-refractivity contribution in [2.75, 3.05) is 40.5 Å². The molecule has 0 bridgehead atoms. The van der Waals surface area contributed by atoms with Crippen molar-refractivity contribution >= 4 is 0 Å². The first-order valence-corrected chi connectivity index (χ1v) is 5.69. The van der Waals surface area contributed by atoms with Crippen LogP contribution in [0.2, 0.25) is 0 Å². The Morgan fingerprint density at radius 2 is 2.13 bits per heavy atom. The highest BCUT2D eigenvalue weighted by Crippen LogP contribution is 2.23. The van der Waals surface area contributed by atoms with Gasteiger partial charge < -0.3 is 19.5 Å². The lowest BCUT2D eigenvalue weighted by atomic mass is 9.92. The molecule has 1 aliphatic carbocycles. The fraction of sp³-hybridized carbons (Fsp3) is 1.00. The predicted octanol–water partition coefficient (Wildman–Crippen LogP) is 0.495. The fourth-order valence-corrected chi connectivity index (χ4v) is 1.72. The highest BCUT2D eigenvalue weighted by Gasteiger charge is 2.23. The molecule has 1 N–H and O–H groups in total. The Bertz CT molecular complexity index is 162. The summed E-state index contributed by atoms with van der Waals surface area (Å²) in [5, 5.41) is 9.68. The van der Waals surface area contributed by atoms with Crippen LogP contribution in [-0.2, 0) is 9.47 Å². The van der Waals surface area contributed by atoms with Crippen LogP contribution in [0.1, 0.15) is 19.3 Å². The molecule has 1 unspecified atom stereocenters. The molecule has 4 nitrogen and oxygen atoms in total. The van der Waals surface area contributed by atoms with Crippen LogP contribution >= 0.6 is 0 Å². The number of hydrogen-bond acceptors (Lipinski definition) is 4. The average Bonchev–Trinajstić information content (AvgIpc) is 2.09. The highest BCUT2D eigenvalue weighted by molar-refractivity contribution is 4.79. The lowest BCUT2D eigenvalue weighted by Gasteiger charge is -2.35. The molecule has 0 aromatic heterocycles. The minimum atomic E-state index is -0.382. The van der Waals surface area contributed by atoms with Crippen LogP contribution in [0.5, 0.6) is 0 Å². The van der Waals surface area contributed by atoms with Gasteiger partial charge >= 0.3 is 0 Å². The van der Waals surface area contributed by atoms with Crippen LogP contribution < -0.4 is 0 Å². The van der Waals surface area contributed by atoms with E-state index in [1.54, 1.807) is 7.11 Å². The third-order valence-corrected chi connectivity index (χ3v) is 2.94. The monoisotopic (exact) mass is 217 g/mol. The maximum atomic E-state index is 9.68. The van der Waals surface area contributed by atoms with Crippen LogP contribution in [0.3, 0.4) is 0 Å². The van der Waals surface area contributed by atoms with Crippen molar-refractivity contribution in [1.29, 1.82) is 0 Å². The predicted molar refractivity (Wildman–Crippen MR) is 59.0 cm³/mol. The van der Waals surface area contributed by atoms with Crippen LogP contribution in [0.4, 0.5) is 0 Å². The average molecular weight is 217 g/mol. The highest BCUT2D eigenvalue weighted by atomic mass is 16.5. The number of aliphatic hydroxyl groups is 1. The van der Waals surface area contributed by atoms with Gasteiger partial charge in [-0.15, -0.1) is 0 Å². The summed E-state index contributed by atoms with van der Waals surface area (Å²) >= 11 is 0. The van der Waals surface area contributed by atoms with Crippen LogP contribution in [0.25, 0.3) is 0 Å². The standard InChI is InChI=1S/C11H23NO3/c1-12(10-4-3-5-10)8-11(13)9-15-7-6-14-2/h10-11,13H,3-9H2,1-2H3. The van der Waals surface area contributed by atoms with Crippen molar-refractivity contribution in [3.8, 4) is 0 Å². The first-order valence-electron chi connectivity index (χ1n) is 5.69. The van der Waals surface area contributed by atoms with E-state index in [4.69, 9.17) is 9.47 Å². The number of nitrogens with zero attached hydrogens (tertiary/aromatic N) is 1. The number of methoxy groups -OCH3 is 1. The fourth-order valence-electron chi connectivity index (χ4n) is 1.72. The van der Waals surface area contributed by atoms with Gasteiger partial charge in [0.25, 0.3) is 0 Å². The second-order valence-corrected chi connectivity index (χ2v) is 4.25. The first kappa shape index (κ1) is 12.9. The molecule has 0 aromatic carbocycles. The molecule has 4 heteroatoms. The Morgan fingerprint density at radius 1 is 1.40 bits per heavy atom. The maximum absolute atomic E-state index is 9.68. The van der Waals surface area contributed by atoms with E-state index in [9.17, 15) is 5.11 Å². The Labute approximate surface area is 92.2 Å². The van der Waals surface area contributed by atoms with E-state index in [1.807, 2.05) is 0 Å². The molecule has 1 aliphatic rings. The second kappa shape index (κ2) is 7.17. The number of ether oxygens (including phenoxy) is 2. The zero-order valence-corrected chi connectivity index (χ0v) is 9.82. The van der Waals surface area contributed by atoms with E-state index in [2.05, 4.69) is 11.9 Å². The molecule has 1 saturated carbocycles. The Balaban J connectivity index is 1.98. The smallest absolute Gasteiger partial charge is 0.0900 e. The van der Waals surface area contributed by atoms with Gasteiger partial charge in [0.1, 0.15) is 0 Å². The molecule has 0 aromatic rings. The molecule has 0 spiro atoms. The van der Waals surface area contributed by atoms with Crippen molar-refractivity contribution in [2.45, 2.75) is 31.4 Å². The largest absolute Gasteiger partial charge is 0.389 e. The van der Waals surface area contributed by atoms with E-state index in [1.165, 1.54) is 19.3 Å². The van der Waals surface area contributed by atoms with Gasteiger partial charge in [0, 0.05) is 19.7 Å². The minimum absolute atomic E-state index is 0.382. The van der Waals surface area contributed by atoms with Gasteiger partial charge in [-0.3, -0.25) is 0 Å². The molecule has 90 valence electrons. The van der Waals surface area contributed by atoms with Crippen LogP contribution in [0.15, 0.2) is 0 Å². The van der Waals surface area contributed by atoms with Crippen molar-refractivity contribution < 1.29 is 14.6 Å². The molecule has 0 heterocycles. The zero-order chi connectivity index (χ0) is 11.1. The number of hydrogen-bond donors (Lipinski definition) is 1. The van der Waals surface area contributed by atoms with Gasteiger partial charge in [-0.25, -0.2) is 0 Å². The third kappa shape index (κ3) is 4.93. The molecule has 15 heavy (non-hydrogen) atoms. The molecule has 1 rings (SSSR count). The number of likely N-dealkylation sites (N-methyl/N-ethyl adjacent to an activating group) is 1. The minimum Gasteiger partial charge on any atom is -0.389 e. The SMILES string of the molecule is COCCOCC(O)CN(C)C1CCC1. The summed E-state index contributed by atoms with van der Waals surface area (Å²) in [6, 6.07) is 0.679. The molecule has 1 fully saturated rings. The van der Waals surface area contributed by atoms with Crippen molar-refractivity contribution in [3.63, 3.8) is 0 Å². The molecule has 0 amide bonds. The van der Waals surface area contributed by atoms with Crippen molar-refractivity contribution in [1.82, 2.24) is 4.90 Å². The Kier molecular flexibility index (Phi) is 6.17. The number of rotatable bonds is 8. The van der Waals surface area contributed by atoms with Gasteiger partial charge in [0.05, 0.1) is 25.9 Å². The lowest BCUT2D eigenvalue weighted by molar-refractivity contribution is -0.00724. The van der Waals surface area contributed by atoms with E-state index in [0.29, 0.717) is 32.4 Å². The van der Waals surface area contributed by atoms with E-state index >= 15 is 0 Å². The van der Waals surface area contributed by atoms with Gasteiger partial charge in [-0.05, 0) is 19.9 Å². The summed E-state index contributed by atoms with van der Waals surface area (Å²) < 4.78 is 10.1. The summed E-state index contributed by atoms with van der Waals surface area (Å²) in [4.78, 5) is 2.23. The summed E-state index contributed by atoms with van der Waals surface area (Å²) in [6.45, 7) is 2.25. The van der Waals surface area contributed by atoms with Gasteiger partial charge in [0.2, 0.25) is 0 Å². The molecule has 0 radical (unpaired) electrons. The maximum Gasteiger partial charge on any atom is 0.0900 e. The van der Waals surface area contributed by atoms with Crippen LogP contribution in [-0.4, -0.2) is 62.7 Å². The lowest BCUT2D eigenvalue weighted by Crippen LogP contribution is -2.42. The molecular formula is C11H23NO3. The number of aliphatic hydroxyl groups excluding tert-OH is 1. The molecule has 0 saturated heterocycles.